The highest BCUT2D eigenvalue weighted by molar-refractivity contribution is 7.91. The van der Waals surface area contributed by atoms with Gasteiger partial charge in [0, 0.05) is 6.04 Å². The maximum atomic E-state index is 12.9. The molecular formula is C18H18F3NO4S. The Labute approximate surface area is 154 Å². The van der Waals surface area contributed by atoms with Crippen LogP contribution in [0.1, 0.15) is 23.3 Å². The van der Waals surface area contributed by atoms with Crippen LogP contribution in [0.2, 0.25) is 0 Å². The van der Waals surface area contributed by atoms with Crippen LogP contribution in [0.3, 0.4) is 0 Å². The molecule has 1 aliphatic heterocycles. The Hall–Kier alpha value is -2.29. The predicted molar refractivity (Wildman–Crippen MR) is 91.5 cm³/mol. The molecule has 1 saturated heterocycles. The van der Waals surface area contributed by atoms with Gasteiger partial charge in [0.15, 0.2) is 9.84 Å². The second-order valence-corrected chi connectivity index (χ2v) is 8.76. The monoisotopic (exact) mass is 401 g/mol. The van der Waals surface area contributed by atoms with E-state index in [0.29, 0.717) is 12.2 Å². The number of amides is 1. The summed E-state index contributed by atoms with van der Waals surface area (Å²) in [5.41, 5.74) is -0.603. The lowest BCUT2D eigenvalue weighted by Crippen LogP contribution is -2.41. The van der Waals surface area contributed by atoms with Crippen molar-refractivity contribution in [3.63, 3.8) is 0 Å². The highest BCUT2D eigenvalue weighted by Crippen LogP contribution is 2.30. The quantitative estimate of drug-likeness (QED) is 0.772. The van der Waals surface area contributed by atoms with Crippen molar-refractivity contribution in [2.24, 2.45) is 0 Å². The van der Waals surface area contributed by atoms with Crippen molar-refractivity contribution in [1.29, 1.82) is 0 Å². The maximum Gasteiger partial charge on any atom is 0.416 e. The Bertz CT molecular complexity index is 907. The molecule has 5 nitrogen and oxygen atoms in total. The number of carbonyl (C=O) groups excluding carboxylic acids is 1. The number of alkyl halides is 3. The molecule has 0 bridgehead atoms. The molecule has 0 radical (unpaired) electrons. The van der Waals surface area contributed by atoms with Gasteiger partial charge in [-0.2, -0.15) is 13.2 Å². The lowest BCUT2D eigenvalue weighted by Gasteiger charge is -2.27. The van der Waals surface area contributed by atoms with E-state index in [1.54, 1.807) is 12.1 Å². The first-order valence-corrected chi connectivity index (χ1v) is 10.1. The summed E-state index contributed by atoms with van der Waals surface area (Å²) < 4.78 is 67.5. The molecule has 1 amide bonds. The molecule has 0 aliphatic carbocycles. The van der Waals surface area contributed by atoms with Crippen molar-refractivity contribution in [2.75, 3.05) is 11.5 Å². The lowest BCUT2D eigenvalue weighted by atomic mass is 10.1. The van der Waals surface area contributed by atoms with Crippen molar-refractivity contribution in [2.45, 2.75) is 31.6 Å². The molecule has 9 heteroatoms. The average molecular weight is 401 g/mol. The van der Waals surface area contributed by atoms with Gasteiger partial charge in [0.25, 0.3) is 0 Å². The summed E-state index contributed by atoms with van der Waals surface area (Å²) >= 11 is 0. The summed E-state index contributed by atoms with van der Waals surface area (Å²) in [5, 5.41) is 0. The highest BCUT2D eigenvalue weighted by Gasteiger charge is 2.35. The zero-order valence-electron chi connectivity index (χ0n) is 14.3. The van der Waals surface area contributed by atoms with Gasteiger partial charge in [-0.1, -0.05) is 18.2 Å². The van der Waals surface area contributed by atoms with Crippen LogP contribution >= 0.6 is 0 Å². The van der Waals surface area contributed by atoms with Crippen LogP contribution in [0.25, 0.3) is 0 Å². The van der Waals surface area contributed by atoms with E-state index < -0.39 is 33.5 Å². The van der Waals surface area contributed by atoms with Crippen LogP contribution in [-0.4, -0.2) is 36.8 Å². The summed E-state index contributed by atoms with van der Waals surface area (Å²) in [6.45, 7) is 0.0744. The number of nitrogens with zero attached hydrogens (tertiary/aromatic N) is 1. The van der Waals surface area contributed by atoms with Crippen LogP contribution in [0, 0.1) is 0 Å². The molecule has 1 aliphatic rings. The topological polar surface area (TPSA) is 67.6 Å². The fourth-order valence-electron chi connectivity index (χ4n) is 3.15. The normalized spacial score (nSPS) is 19.1. The molecule has 0 unspecified atom stereocenters. The number of hydrogen-bond acceptors (Lipinski definition) is 4. The number of benzene rings is 1. The minimum atomic E-state index is -4.49. The van der Waals surface area contributed by atoms with Gasteiger partial charge in [-0.05, 0) is 30.2 Å². The van der Waals surface area contributed by atoms with E-state index >= 15 is 0 Å². The van der Waals surface area contributed by atoms with E-state index in [4.69, 9.17) is 4.42 Å². The maximum absolute atomic E-state index is 12.9. The van der Waals surface area contributed by atoms with Crippen molar-refractivity contribution < 1.29 is 30.8 Å². The Morgan fingerprint density at radius 2 is 2.00 bits per heavy atom. The van der Waals surface area contributed by atoms with E-state index in [1.807, 2.05) is 0 Å². The first-order valence-electron chi connectivity index (χ1n) is 8.32. The minimum absolute atomic E-state index is 0.0108. The van der Waals surface area contributed by atoms with Gasteiger partial charge in [-0.3, -0.25) is 4.79 Å². The first kappa shape index (κ1) is 19.5. The second-order valence-electron chi connectivity index (χ2n) is 6.53. The summed E-state index contributed by atoms with van der Waals surface area (Å²) in [7, 11) is -3.23. The predicted octanol–water partition coefficient (Wildman–Crippen LogP) is 3.06. The number of sulfone groups is 1. The molecular weight excluding hydrogens is 383 g/mol. The number of furan rings is 1. The largest absolute Gasteiger partial charge is 0.467 e. The van der Waals surface area contributed by atoms with Gasteiger partial charge in [0.2, 0.25) is 5.91 Å². The smallest absolute Gasteiger partial charge is 0.416 e. The van der Waals surface area contributed by atoms with Crippen LogP contribution in [0.15, 0.2) is 47.1 Å². The molecule has 0 spiro atoms. The molecule has 27 heavy (non-hydrogen) atoms. The molecule has 1 fully saturated rings. The Balaban J connectivity index is 1.80. The van der Waals surface area contributed by atoms with Crippen molar-refractivity contribution >= 4 is 15.7 Å². The summed E-state index contributed by atoms with van der Waals surface area (Å²) in [5.74, 6) is -0.116. The van der Waals surface area contributed by atoms with Gasteiger partial charge in [-0.15, -0.1) is 0 Å². The van der Waals surface area contributed by atoms with Gasteiger partial charge >= 0.3 is 6.18 Å². The van der Waals surface area contributed by atoms with E-state index in [1.165, 1.54) is 23.3 Å². The molecule has 1 aromatic carbocycles. The summed E-state index contributed by atoms with van der Waals surface area (Å²) in [6, 6.07) is 7.38. The molecule has 2 heterocycles. The lowest BCUT2D eigenvalue weighted by molar-refractivity contribution is -0.138. The van der Waals surface area contributed by atoms with Gasteiger partial charge in [0.1, 0.15) is 5.76 Å². The van der Waals surface area contributed by atoms with E-state index in [2.05, 4.69) is 0 Å². The van der Waals surface area contributed by atoms with E-state index in [9.17, 15) is 26.4 Å². The molecule has 146 valence electrons. The standard InChI is InChI=1S/C18H18F3NO4S/c19-18(20,21)14-4-1-3-13(9-14)10-17(23)22(11-16-5-2-7-26-16)15-6-8-27(24,25)12-15/h1-5,7,9,15H,6,8,10-12H2/t15-/m1/s1. The van der Waals surface area contributed by atoms with E-state index in [-0.39, 0.29) is 30.0 Å². The third kappa shape index (κ3) is 4.91. The first-order chi connectivity index (χ1) is 12.6. The molecule has 0 N–H and O–H groups in total. The summed E-state index contributed by atoms with van der Waals surface area (Å²) in [6.07, 6.45) is -3.00. The number of hydrogen-bond donors (Lipinski definition) is 0. The van der Waals surface area contributed by atoms with Gasteiger partial charge in [-0.25, -0.2) is 8.42 Å². The van der Waals surface area contributed by atoms with Crippen LogP contribution in [0.4, 0.5) is 13.2 Å². The second kappa shape index (κ2) is 7.38. The SMILES string of the molecule is O=C(Cc1cccc(C(F)(F)F)c1)N(Cc1ccco1)[C@@H]1CCS(=O)(=O)C1. The number of rotatable bonds is 5. The molecule has 3 rings (SSSR count). The summed E-state index contributed by atoms with van der Waals surface area (Å²) in [4.78, 5) is 14.2. The fraction of sp³-hybridized carbons (Fsp3) is 0.389. The van der Waals surface area contributed by atoms with Crippen molar-refractivity contribution in [3.8, 4) is 0 Å². The van der Waals surface area contributed by atoms with Crippen LogP contribution in [-0.2, 0) is 33.8 Å². The van der Waals surface area contributed by atoms with E-state index in [0.717, 1.165) is 12.1 Å². The third-order valence-electron chi connectivity index (χ3n) is 4.49. The van der Waals surface area contributed by atoms with Crippen molar-refractivity contribution in [3.05, 3.63) is 59.5 Å². The Kier molecular flexibility index (Phi) is 5.32. The van der Waals surface area contributed by atoms with Crippen molar-refractivity contribution in [1.82, 2.24) is 4.90 Å². The Morgan fingerprint density at radius 3 is 2.59 bits per heavy atom. The molecule has 1 aromatic heterocycles. The molecule has 0 saturated carbocycles. The number of carbonyl (C=O) groups is 1. The minimum Gasteiger partial charge on any atom is -0.467 e. The van der Waals surface area contributed by atoms with Crippen LogP contribution in [0.5, 0.6) is 0 Å². The average Bonchev–Trinajstić information content (AvgIpc) is 3.21. The Morgan fingerprint density at radius 1 is 1.22 bits per heavy atom. The number of halogens is 3. The highest BCUT2D eigenvalue weighted by atomic mass is 32.2. The zero-order valence-corrected chi connectivity index (χ0v) is 15.1. The molecule has 2 aromatic rings. The molecule has 1 atom stereocenters. The van der Waals surface area contributed by atoms with Gasteiger partial charge < -0.3 is 9.32 Å². The van der Waals surface area contributed by atoms with Gasteiger partial charge in [0.05, 0.1) is 36.3 Å². The van der Waals surface area contributed by atoms with Crippen LogP contribution < -0.4 is 0 Å². The zero-order chi connectivity index (χ0) is 19.7. The fourth-order valence-corrected chi connectivity index (χ4v) is 4.88. The third-order valence-corrected chi connectivity index (χ3v) is 6.24.